The summed E-state index contributed by atoms with van der Waals surface area (Å²) in [6.45, 7) is 3.82. The third kappa shape index (κ3) is 6.19. The number of nitrogens with zero attached hydrogens (tertiary/aromatic N) is 2. The van der Waals surface area contributed by atoms with E-state index in [1.165, 1.54) is 12.1 Å². The van der Waals surface area contributed by atoms with E-state index >= 15 is 0 Å². The third-order valence-corrected chi connectivity index (χ3v) is 6.99. The number of aryl methyl sites for hydroxylation is 1. The van der Waals surface area contributed by atoms with E-state index in [0.29, 0.717) is 17.9 Å². The molecule has 6 nitrogen and oxygen atoms in total. The van der Waals surface area contributed by atoms with Crippen LogP contribution in [-0.2, 0) is 5.60 Å². The van der Waals surface area contributed by atoms with E-state index in [0.717, 1.165) is 55.7 Å². The highest BCUT2D eigenvalue weighted by atomic mass is 19.4. The fourth-order valence-electron chi connectivity index (χ4n) is 4.75. The molecule has 36 heavy (non-hydrogen) atoms. The Morgan fingerprint density at radius 3 is 2.33 bits per heavy atom. The number of aliphatic hydroxyl groups excluding tert-OH is 1. The average molecular weight is 508 g/mol. The Morgan fingerprint density at radius 2 is 1.78 bits per heavy atom. The number of rotatable bonds is 9. The van der Waals surface area contributed by atoms with Crippen LogP contribution in [0, 0.1) is 12.8 Å². The number of carbonyl (C=O) groups is 1. The van der Waals surface area contributed by atoms with Crippen LogP contribution in [0.25, 0.3) is 0 Å². The Morgan fingerprint density at radius 1 is 1.14 bits per heavy atom. The largest absolute Gasteiger partial charge is 0.425 e. The zero-order valence-corrected chi connectivity index (χ0v) is 21.1. The van der Waals surface area contributed by atoms with Gasteiger partial charge in [0.2, 0.25) is 5.60 Å². The molecule has 1 fully saturated rings. The lowest BCUT2D eigenvalue weighted by molar-refractivity contribution is -0.302. The fourth-order valence-corrected chi connectivity index (χ4v) is 4.75. The molecule has 2 unspecified atom stereocenters. The van der Waals surface area contributed by atoms with Crippen LogP contribution in [0.5, 0.6) is 0 Å². The minimum Gasteiger partial charge on any atom is -0.375 e. The highest BCUT2D eigenvalue weighted by Crippen LogP contribution is 2.41. The first-order valence-electron chi connectivity index (χ1n) is 12.3. The number of hydrogen-bond donors (Lipinski definition) is 3. The zero-order chi connectivity index (χ0) is 26.5. The maximum atomic E-state index is 13.7. The van der Waals surface area contributed by atoms with Crippen molar-refractivity contribution in [1.82, 2.24) is 10.2 Å². The van der Waals surface area contributed by atoms with Crippen molar-refractivity contribution in [2.45, 2.75) is 50.6 Å². The van der Waals surface area contributed by atoms with Crippen molar-refractivity contribution in [3.63, 3.8) is 0 Å². The molecule has 0 spiro atoms. The van der Waals surface area contributed by atoms with Gasteiger partial charge in [-0.05, 0) is 74.4 Å². The van der Waals surface area contributed by atoms with Crippen molar-refractivity contribution >= 4 is 11.6 Å². The molecule has 198 valence electrons. The molecular weight excluding hydrogens is 471 g/mol. The number of piperidine rings is 1. The van der Waals surface area contributed by atoms with Gasteiger partial charge in [0, 0.05) is 38.4 Å². The van der Waals surface area contributed by atoms with Gasteiger partial charge in [0.15, 0.2) is 0 Å². The lowest BCUT2D eigenvalue weighted by Gasteiger charge is -2.36. The molecule has 0 radical (unpaired) electrons. The summed E-state index contributed by atoms with van der Waals surface area (Å²) < 4.78 is 41.0. The van der Waals surface area contributed by atoms with Crippen LogP contribution in [0.2, 0.25) is 0 Å². The standard InChI is InChI=1S/C27H36F3N3O3/c1-19-18-22(11-12-23(19)24(34)32(2)3)33-16-13-20(14-17-33)8-7-15-31-25(35)26(36,27(28,29)30)21-9-5-4-6-10-21/h4-6,9-12,18,20,25,31,35-36H,7-8,13-17H2,1-3H3. The van der Waals surface area contributed by atoms with Crippen molar-refractivity contribution in [3.05, 3.63) is 65.2 Å². The summed E-state index contributed by atoms with van der Waals surface area (Å²) in [4.78, 5) is 16.1. The molecule has 1 saturated heterocycles. The second kappa shape index (κ2) is 11.6. The van der Waals surface area contributed by atoms with E-state index in [1.807, 2.05) is 25.1 Å². The van der Waals surface area contributed by atoms with Crippen LogP contribution in [0.3, 0.4) is 0 Å². The molecule has 0 aromatic heterocycles. The van der Waals surface area contributed by atoms with Crippen molar-refractivity contribution in [1.29, 1.82) is 0 Å². The first kappa shape index (κ1) is 28.0. The van der Waals surface area contributed by atoms with Gasteiger partial charge in [0.25, 0.3) is 5.91 Å². The van der Waals surface area contributed by atoms with Crippen LogP contribution in [0.4, 0.5) is 18.9 Å². The van der Waals surface area contributed by atoms with E-state index in [9.17, 15) is 28.2 Å². The van der Waals surface area contributed by atoms with Gasteiger partial charge in [-0.15, -0.1) is 0 Å². The molecule has 1 heterocycles. The summed E-state index contributed by atoms with van der Waals surface area (Å²) in [6.07, 6.45) is -3.90. The topological polar surface area (TPSA) is 76.0 Å². The Labute approximate surface area is 210 Å². The molecule has 2 aromatic rings. The second-order valence-corrected chi connectivity index (χ2v) is 9.76. The van der Waals surface area contributed by atoms with Gasteiger partial charge in [-0.2, -0.15) is 13.2 Å². The Hall–Kier alpha value is -2.62. The van der Waals surface area contributed by atoms with Gasteiger partial charge >= 0.3 is 6.18 Å². The summed E-state index contributed by atoms with van der Waals surface area (Å²) in [5.41, 5.74) is -1.08. The molecule has 9 heteroatoms. The number of halogens is 3. The highest BCUT2D eigenvalue weighted by molar-refractivity contribution is 5.95. The number of benzene rings is 2. The van der Waals surface area contributed by atoms with E-state index < -0.39 is 23.6 Å². The number of carbonyl (C=O) groups excluding carboxylic acids is 1. The molecule has 1 aliphatic rings. The number of hydrogen-bond acceptors (Lipinski definition) is 5. The Balaban J connectivity index is 1.47. The molecule has 3 rings (SSSR count). The lowest BCUT2D eigenvalue weighted by Crippen LogP contribution is -2.57. The predicted octanol–water partition coefficient (Wildman–Crippen LogP) is 4.05. The van der Waals surface area contributed by atoms with E-state index in [-0.39, 0.29) is 12.5 Å². The molecule has 2 aromatic carbocycles. The number of alkyl halides is 3. The molecule has 3 N–H and O–H groups in total. The van der Waals surface area contributed by atoms with Gasteiger partial charge in [-0.1, -0.05) is 30.3 Å². The smallest absolute Gasteiger partial charge is 0.375 e. The van der Waals surface area contributed by atoms with Crippen molar-refractivity contribution in [2.75, 3.05) is 38.6 Å². The number of amides is 1. The predicted molar refractivity (Wildman–Crippen MR) is 134 cm³/mol. The van der Waals surface area contributed by atoms with Crippen LogP contribution >= 0.6 is 0 Å². The van der Waals surface area contributed by atoms with Crippen LogP contribution in [-0.4, -0.2) is 67.2 Å². The van der Waals surface area contributed by atoms with Gasteiger partial charge in [-0.3, -0.25) is 10.1 Å². The molecule has 0 aliphatic carbocycles. The van der Waals surface area contributed by atoms with E-state index in [1.54, 1.807) is 25.1 Å². The molecule has 1 amide bonds. The first-order valence-corrected chi connectivity index (χ1v) is 12.3. The lowest BCUT2D eigenvalue weighted by atomic mass is 9.90. The van der Waals surface area contributed by atoms with E-state index in [2.05, 4.69) is 10.2 Å². The zero-order valence-electron chi connectivity index (χ0n) is 21.1. The molecule has 0 bridgehead atoms. The summed E-state index contributed by atoms with van der Waals surface area (Å²) in [5.74, 6) is 0.417. The highest BCUT2D eigenvalue weighted by Gasteiger charge is 2.59. The molecule has 2 atom stereocenters. The van der Waals surface area contributed by atoms with E-state index in [4.69, 9.17) is 0 Å². The van der Waals surface area contributed by atoms with Crippen LogP contribution < -0.4 is 10.2 Å². The molecular formula is C27H36F3N3O3. The fraction of sp³-hybridized carbons (Fsp3) is 0.519. The van der Waals surface area contributed by atoms with Gasteiger partial charge in [0.05, 0.1) is 0 Å². The maximum Gasteiger partial charge on any atom is 0.425 e. The average Bonchev–Trinajstić information content (AvgIpc) is 2.85. The van der Waals surface area contributed by atoms with Crippen molar-refractivity contribution in [2.24, 2.45) is 5.92 Å². The summed E-state index contributed by atoms with van der Waals surface area (Å²) in [5, 5.41) is 23.1. The molecule has 0 saturated carbocycles. The monoisotopic (exact) mass is 507 g/mol. The Bertz CT molecular complexity index is 1010. The number of nitrogens with one attached hydrogen (secondary N) is 1. The van der Waals surface area contributed by atoms with Crippen molar-refractivity contribution < 1.29 is 28.2 Å². The first-order chi connectivity index (χ1) is 16.9. The van der Waals surface area contributed by atoms with Gasteiger partial charge in [0.1, 0.15) is 6.23 Å². The number of anilines is 1. The minimum atomic E-state index is -5.04. The summed E-state index contributed by atoms with van der Waals surface area (Å²) in [6, 6.07) is 12.5. The van der Waals surface area contributed by atoms with Gasteiger partial charge in [-0.25, -0.2) is 0 Å². The normalized spacial score (nSPS) is 17.5. The quantitative estimate of drug-likeness (QED) is 0.353. The minimum absolute atomic E-state index is 0.0195. The van der Waals surface area contributed by atoms with Crippen LogP contribution in [0.15, 0.2) is 48.5 Å². The second-order valence-electron chi connectivity index (χ2n) is 9.76. The van der Waals surface area contributed by atoms with Crippen LogP contribution in [0.1, 0.15) is 47.2 Å². The maximum absolute atomic E-state index is 13.7. The van der Waals surface area contributed by atoms with Gasteiger partial charge < -0.3 is 20.0 Å². The summed E-state index contributed by atoms with van der Waals surface area (Å²) >= 11 is 0. The third-order valence-electron chi connectivity index (χ3n) is 6.99. The molecule has 1 aliphatic heterocycles. The summed E-state index contributed by atoms with van der Waals surface area (Å²) in [7, 11) is 3.47. The SMILES string of the molecule is Cc1cc(N2CCC(CCCNC(O)C(O)(c3ccccc3)C(F)(F)F)CC2)ccc1C(=O)N(C)C. The van der Waals surface area contributed by atoms with Crippen molar-refractivity contribution in [3.8, 4) is 0 Å². The number of aliphatic hydroxyl groups is 2. The Kier molecular flexibility index (Phi) is 9.03.